The first-order valence-electron chi connectivity index (χ1n) is 2.08. The average molecular weight is 219 g/mol. The Morgan fingerprint density at radius 3 is 1.44 bits per heavy atom. The maximum atomic E-state index is 7.62. The quantitative estimate of drug-likeness (QED) is 0.548. The van der Waals surface area contributed by atoms with Gasteiger partial charge >= 0.3 is 37.6 Å². The summed E-state index contributed by atoms with van der Waals surface area (Å²) >= 11 is -0.344. The van der Waals surface area contributed by atoms with Crippen molar-refractivity contribution in [2.24, 2.45) is 11.5 Å². The van der Waals surface area contributed by atoms with E-state index in [1.807, 2.05) is 0 Å². The van der Waals surface area contributed by atoms with Crippen LogP contribution in [0.15, 0.2) is 0 Å². The summed E-state index contributed by atoms with van der Waals surface area (Å²) in [5.41, 5.74) is 9.81. The van der Waals surface area contributed by atoms with Gasteiger partial charge in [0.1, 0.15) is 0 Å². The molecule has 4 nitrogen and oxygen atoms in total. The first-order chi connectivity index (χ1) is 4.33. The molecule has 4 N–H and O–H groups in total. The van der Waals surface area contributed by atoms with E-state index in [4.69, 9.17) is 22.0 Å². The number of hydrogen-bond donors (Lipinski definition) is 2. The molecule has 0 amide bonds. The van der Waals surface area contributed by atoms with Gasteiger partial charge in [0.15, 0.2) is 0 Å². The molecule has 0 bridgehead atoms. The van der Waals surface area contributed by atoms with Gasteiger partial charge < -0.3 is 11.5 Å². The van der Waals surface area contributed by atoms with Gasteiger partial charge in [-0.15, -0.1) is 0 Å². The first kappa shape index (κ1) is 11.4. The molecule has 54 valence electrons. The van der Waals surface area contributed by atoms with Crippen molar-refractivity contribution < 1.29 is 18.0 Å². The molecule has 9 heavy (non-hydrogen) atoms. The van der Waals surface area contributed by atoms with Crippen LogP contribution in [0.2, 0.25) is 0 Å². The molecule has 0 rings (SSSR count). The van der Waals surface area contributed by atoms with Gasteiger partial charge in [-0.05, 0) is 0 Å². The molecule has 0 radical (unpaired) electrons. The van der Waals surface area contributed by atoms with Crippen LogP contribution in [-0.4, -0.2) is 13.1 Å². The normalized spacial score (nSPS) is 6.22. The van der Waals surface area contributed by atoms with Crippen molar-refractivity contribution in [2.75, 3.05) is 13.1 Å². The molecule has 0 atom stereocenters. The fraction of sp³-hybridized carbons (Fsp3) is 0.500. The smallest absolute Gasteiger partial charge is 0.00461 e. The molecule has 0 aliphatic rings. The summed E-state index contributed by atoms with van der Waals surface area (Å²) in [6.07, 6.45) is 0. The second-order valence-corrected chi connectivity index (χ2v) is 1.88. The van der Waals surface area contributed by atoms with Crippen LogP contribution >= 0.6 is 0 Å². The van der Waals surface area contributed by atoms with Crippen LogP contribution in [0.4, 0.5) is 0 Å². The molecule has 0 heterocycles. The fourth-order valence-corrected chi connectivity index (χ4v) is 0.0935. The van der Waals surface area contributed by atoms with E-state index in [2.05, 4.69) is 0 Å². The summed E-state index contributed by atoms with van der Waals surface area (Å²) in [6, 6.07) is 0. The minimum Gasteiger partial charge on any atom is -0.329 e. The molecule has 0 aromatic carbocycles. The number of nitrogens with zero attached hydrogens (tertiary/aromatic N) is 2. The Bertz CT molecular complexity index is 96.7. The standard InChI is InChI=1S/C2H8N2.2CN.Pd/c3-1-2-4;2*1-2;/h1-4H2;;;. The van der Waals surface area contributed by atoms with Crippen molar-refractivity contribution in [3.63, 3.8) is 0 Å². The molecule has 0 aromatic rings. The summed E-state index contributed by atoms with van der Waals surface area (Å²) in [7, 11) is 0. The summed E-state index contributed by atoms with van der Waals surface area (Å²) < 4.78 is 3.41. The van der Waals surface area contributed by atoms with Crippen LogP contribution < -0.4 is 11.5 Å². The molecule has 0 spiro atoms. The molecular weight excluding hydrogens is 210 g/mol. The van der Waals surface area contributed by atoms with Crippen LogP contribution in [-0.2, 0) is 18.0 Å². The molecule has 0 saturated carbocycles. The minimum atomic E-state index is -0.344. The Morgan fingerprint density at radius 2 is 1.44 bits per heavy atom. The Hall–Kier alpha value is -0.438. The van der Waals surface area contributed by atoms with Crippen molar-refractivity contribution in [1.29, 1.82) is 10.5 Å². The fourth-order valence-electron chi connectivity index (χ4n) is 0.0158. The molecule has 0 saturated heterocycles. The predicted octanol–water partition coefficient (Wildman–Crippen LogP) is -1.07. The second kappa shape index (κ2) is 15.6. The number of rotatable bonds is 1. The van der Waals surface area contributed by atoms with E-state index < -0.39 is 0 Å². The Morgan fingerprint density at radius 1 is 1.11 bits per heavy atom. The number of hydrogen-bond acceptors (Lipinski definition) is 4. The van der Waals surface area contributed by atoms with Gasteiger partial charge in [-0.2, -0.15) is 0 Å². The number of nitriles is 2. The third-order valence-electron chi connectivity index (χ3n) is 0.237. The minimum absolute atomic E-state index is 0.344. The van der Waals surface area contributed by atoms with Gasteiger partial charge in [-0.3, -0.25) is 0 Å². The molecular formula is C4H8N4Pd. The van der Waals surface area contributed by atoms with E-state index in [-0.39, 0.29) is 18.0 Å². The summed E-state index contributed by atoms with van der Waals surface area (Å²) in [5, 5.41) is 15.2. The van der Waals surface area contributed by atoms with E-state index in [1.54, 1.807) is 9.08 Å². The van der Waals surface area contributed by atoms with Crippen molar-refractivity contribution in [3.05, 3.63) is 0 Å². The third kappa shape index (κ3) is 35.6. The zero-order valence-corrected chi connectivity index (χ0v) is 6.33. The van der Waals surface area contributed by atoms with Gasteiger partial charge in [0.05, 0.1) is 0 Å². The monoisotopic (exact) mass is 218 g/mol. The van der Waals surface area contributed by atoms with Crippen molar-refractivity contribution in [1.82, 2.24) is 0 Å². The molecule has 0 aliphatic carbocycles. The summed E-state index contributed by atoms with van der Waals surface area (Å²) in [5.74, 6) is 0. The van der Waals surface area contributed by atoms with Crippen LogP contribution in [0.1, 0.15) is 0 Å². The van der Waals surface area contributed by atoms with Gasteiger partial charge in [-0.25, -0.2) is 0 Å². The number of nitrogens with two attached hydrogens (primary N) is 2. The van der Waals surface area contributed by atoms with Crippen LogP contribution in [0.3, 0.4) is 0 Å². The van der Waals surface area contributed by atoms with Crippen molar-refractivity contribution in [3.8, 4) is 9.08 Å². The van der Waals surface area contributed by atoms with E-state index in [1.165, 1.54) is 0 Å². The predicted molar refractivity (Wildman–Crippen MR) is 29.3 cm³/mol. The zero-order chi connectivity index (χ0) is 7.54. The molecule has 0 unspecified atom stereocenters. The first-order valence-corrected chi connectivity index (χ1v) is 3.63. The maximum absolute atomic E-state index is 7.62. The van der Waals surface area contributed by atoms with Crippen LogP contribution in [0.25, 0.3) is 0 Å². The molecule has 5 heteroatoms. The summed E-state index contributed by atoms with van der Waals surface area (Å²) in [4.78, 5) is 0. The molecule has 0 aliphatic heterocycles. The van der Waals surface area contributed by atoms with E-state index >= 15 is 0 Å². The van der Waals surface area contributed by atoms with Crippen molar-refractivity contribution >= 4 is 0 Å². The molecule has 0 aromatic heterocycles. The van der Waals surface area contributed by atoms with Gasteiger partial charge in [0.25, 0.3) is 0 Å². The topological polar surface area (TPSA) is 99.6 Å². The Balaban J connectivity index is 0. The largest absolute Gasteiger partial charge is 0.329 e. The maximum Gasteiger partial charge on any atom is 0.00461 e. The average Bonchev–Trinajstić information content (AvgIpc) is 1.91. The SMILES string of the molecule is N#[C][Pd][C]#N.NCCN. The molecule has 0 fully saturated rings. The zero-order valence-electron chi connectivity index (χ0n) is 4.78. The second-order valence-electron chi connectivity index (χ2n) is 0.798. The van der Waals surface area contributed by atoms with Gasteiger partial charge in [-0.1, -0.05) is 0 Å². The Kier molecular flexibility index (Phi) is 19.8. The Labute approximate surface area is 62.6 Å². The van der Waals surface area contributed by atoms with Crippen LogP contribution in [0.5, 0.6) is 0 Å². The van der Waals surface area contributed by atoms with Gasteiger partial charge in [0, 0.05) is 13.1 Å². The van der Waals surface area contributed by atoms with Crippen LogP contribution in [0, 0.1) is 19.6 Å². The summed E-state index contributed by atoms with van der Waals surface area (Å²) in [6.45, 7) is 1.19. The van der Waals surface area contributed by atoms with E-state index in [9.17, 15) is 0 Å². The van der Waals surface area contributed by atoms with E-state index in [0.29, 0.717) is 13.1 Å². The third-order valence-corrected chi connectivity index (χ3v) is 0.585. The van der Waals surface area contributed by atoms with Gasteiger partial charge in [0.2, 0.25) is 0 Å². The van der Waals surface area contributed by atoms with E-state index in [0.717, 1.165) is 0 Å². The van der Waals surface area contributed by atoms with Crippen molar-refractivity contribution in [2.45, 2.75) is 0 Å².